The molecule has 0 spiro atoms. The SMILES string of the molecule is CCC(Cc1ccccc1)c1ccccc1Br. The highest BCUT2D eigenvalue weighted by molar-refractivity contribution is 9.10. The molecule has 2 aromatic rings. The van der Waals surface area contributed by atoms with Gasteiger partial charge in [0.15, 0.2) is 0 Å². The van der Waals surface area contributed by atoms with Gasteiger partial charge in [-0.1, -0.05) is 71.4 Å². The zero-order valence-electron chi connectivity index (χ0n) is 10.1. The van der Waals surface area contributed by atoms with E-state index in [1.807, 2.05) is 0 Å². The van der Waals surface area contributed by atoms with Crippen molar-refractivity contribution in [2.45, 2.75) is 25.7 Å². The van der Waals surface area contributed by atoms with Crippen molar-refractivity contribution in [2.75, 3.05) is 0 Å². The Labute approximate surface area is 112 Å². The maximum atomic E-state index is 3.65. The first-order chi connectivity index (χ1) is 8.31. The summed E-state index contributed by atoms with van der Waals surface area (Å²) in [5.74, 6) is 0.591. The summed E-state index contributed by atoms with van der Waals surface area (Å²) in [5, 5.41) is 0. The minimum absolute atomic E-state index is 0.591. The number of halogens is 1. The Morgan fingerprint density at radius 3 is 2.24 bits per heavy atom. The van der Waals surface area contributed by atoms with Gasteiger partial charge in [0.1, 0.15) is 0 Å². The third-order valence-corrected chi connectivity index (χ3v) is 3.88. The van der Waals surface area contributed by atoms with Gasteiger partial charge < -0.3 is 0 Å². The van der Waals surface area contributed by atoms with Gasteiger partial charge in [-0.15, -0.1) is 0 Å². The minimum atomic E-state index is 0.591. The van der Waals surface area contributed by atoms with Gasteiger partial charge in [-0.3, -0.25) is 0 Å². The lowest BCUT2D eigenvalue weighted by atomic mass is 9.90. The molecule has 0 bridgehead atoms. The average molecular weight is 289 g/mol. The number of hydrogen-bond donors (Lipinski definition) is 0. The quantitative estimate of drug-likeness (QED) is 0.727. The maximum absolute atomic E-state index is 3.65. The van der Waals surface area contributed by atoms with E-state index in [0.717, 1.165) is 12.8 Å². The highest BCUT2D eigenvalue weighted by Gasteiger charge is 2.12. The van der Waals surface area contributed by atoms with Gasteiger partial charge in [0, 0.05) is 4.47 Å². The third kappa shape index (κ3) is 3.19. The molecule has 1 unspecified atom stereocenters. The standard InChI is InChI=1S/C16H17Br/c1-2-14(12-13-8-4-3-5-9-13)15-10-6-7-11-16(15)17/h3-11,14H,2,12H2,1H3. The minimum Gasteiger partial charge on any atom is -0.0648 e. The van der Waals surface area contributed by atoms with Gasteiger partial charge in [-0.25, -0.2) is 0 Å². The fourth-order valence-electron chi connectivity index (χ4n) is 2.18. The van der Waals surface area contributed by atoms with Crippen LogP contribution in [0.3, 0.4) is 0 Å². The molecule has 1 atom stereocenters. The number of benzene rings is 2. The zero-order valence-corrected chi connectivity index (χ0v) is 11.7. The van der Waals surface area contributed by atoms with Crippen LogP contribution in [0.5, 0.6) is 0 Å². The van der Waals surface area contributed by atoms with E-state index in [9.17, 15) is 0 Å². The van der Waals surface area contributed by atoms with Crippen LogP contribution in [0.25, 0.3) is 0 Å². The van der Waals surface area contributed by atoms with Crippen molar-refractivity contribution < 1.29 is 0 Å². The van der Waals surface area contributed by atoms with Crippen LogP contribution in [0.4, 0.5) is 0 Å². The fourth-order valence-corrected chi connectivity index (χ4v) is 2.79. The summed E-state index contributed by atoms with van der Waals surface area (Å²) in [5.41, 5.74) is 2.83. The Bertz CT molecular complexity index is 462. The maximum Gasteiger partial charge on any atom is 0.0210 e. The molecule has 1 heteroatoms. The molecule has 0 saturated heterocycles. The molecular weight excluding hydrogens is 272 g/mol. The van der Waals surface area contributed by atoms with Crippen LogP contribution in [-0.2, 0) is 6.42 Å². The molecule has 17 heavy (non-hydrogen) atoms. The normalized spacial score (nSPS) is 12.4. The van der Waals surface area contributed by atoms with Crippen LogP contribution in [0.1, 0.15) is 30.4 Å². The molecule has 0 nitrogen and oxygen atoms in total. The summed E-state index contributed by atoms with van der Waals surface area (Å²) in [6.07, 6.45) is 2.28. The molecule has 0 aromatic heterocycles. The predicted molar refractivity (Wildman–Crippen MR) is 77.3 cm³/mol. The van der Waals surface area contributed by atoms with Crippen LogP contribution >= 0.6 is 15.9 Å². The lowest BCUT2D eigenvalue weighted by Gasteiger charge is -2.17. The lowest BCUT2D eigenvalue weighted by Crippen LogP contribution is -2.02. The van der Waals surface area contributed by atoms with Crippen LogP contribution in [0, 0.1) is 0 Å². The molecule has 0 aliphatic rings. The van der Waals surface area contributed by atoms with E-state index >= 15 is 0 Å². The van der Waals surface area contributed by atoms with Crippen molar-refractivity contribution in [1.29, 1.82) is 0 Å². The van der Waals surface area contributed by atoms with Gasteiger partial charge in [-0.05, 0) is 36.0 Å². The van der Waals surface area contributed by atoms with E-state index in [4.69, 9.17) is 0 Å². The summed E-state index contributed by atoms with van der Waals surface area (Å²) in [4.78, 5) is 0. The van der Waals surface area contributed by atoms with Gasteiger partial charge >= 0.3 is 0 Å². The highest BCUT2D eigenvalue weighted by atomic mass is 79.9. The molecule has 2 rings (SSSR count). The fraction of sp³-hybridized carbons (Fsp3) is 0.250. The topological polar surface area (TPSA) is 0 Å². The second-order valence-electron chi connectivity index (χ2n) is 4.32. The lowest BCUT2D eigenvalue weighted by molar-refractivity contribution is 0.657. The van der Waals surface area contributed by atoms with Crippen LogP contribution in [0.2, 0.25) is 0 Å². The number of rotatable bonds is 4. The molecule has 0 saturated carbocycles. The van der Waals surface area contributed by atoms with Crippen molar-refractivity contribution in [3.63, 3.8) is 0 Å². The summed E-state index contributed by atoms with van der Waals surface area (Å²) in [7, 11) is 0. The van der Waals surface area contributed by atoms with Crippen molar-refractivity contribution in [1.82, 2.24) is 0 Å². The highest BCUT2D eigenvalue weighted by Crippen LogP contribution is 2.29. The van der Waals surface area contributed by atoms with Crippen molar-refractivity contribution in [3.05, 3.63) is 70.2 Å². The first kappa shape index (κ1) is 12.4. The molecule has 0 N–H and O–H groups in total. The molecule has 2 aromatic carbocycles. The summed E-state index contributed by atoms with van der Waals surface area (Å²) in [6, 6.07) is 19.3. The van der Waals surface area contributed by atoms with Crippen molar-refractivity contribution in [2.24, 2.45) is 0 Å². The molecule has 0 heterocycles. The van der Waals surface area contributed by atoms with Gasteiger partial charge in [0.25, 0.3) is 0 Å². The Kier molecular flexibility index (Phi) is 4.38. The number of hydrogen-bond acceptors (Lipinski definition) is 0. The van der Waals surface area contributed by atoms with Crippen LogP contribution in [0.15, 0.2) is 59.1 Å². The second kappa shape index (κ2) is 6.02. The van der Waals surface area contributed by atoms with E-state index < -0.39 is 0 Å². The average Bonchev–Trinajstić information content (AvgIpc) is 2.38. The smallest absolute Gasteiger partial charge is 0.0210 e. The molecule has 0 radical (unpaired) electrons. The molecular formula is C16H17Br. The van der Waals surface area contributed by atoms with E-state index in [1.54, 1.807) is 0 Å². The summed E-state index contributed by atoms with van der Waals surface area (Å²) >= 11 is 3.65. The molecule has 0 aliphatic carbocycles. The molecule has 0 amide bonds. The second-order valence-corrected chi connectivity index (χ2v) is 5.17. The Balaban J connectivity index is 2.21. The zero-order chi connectivity index (χ0) is 12.1. The van der Waals surface area contributed by atoms with Gasteiger partial charge in [0.2, 0.25) is 0 Å². The first-order valence-electron chi connectivity index (χ1n) is 6.09. The summed E-state index contributed by atoms with van der Waals surface area (Å²) < 4.78 is 1.22. The predicted octanol–water partition coefficient (Wildman–Crippen LogP) is 5.19. The van der Waals surface area contributed by atoms with Crippen molar-refractivity contribution >= 4 is 15.9 Å². The van der Waals surface area contributed by atoms with Gasteiger partial charge in [-0.2, -0.15) is 0 Å². The Morgan fingerprint density at radius 1 is 0.941 bits per heavy atom. The monoisotopic (exact) mass is 288 g/mol. The Morgan fingerprint density at radius 2 is 1.59 bits per heavy atom. The third-order valence-electron chi connectivity index (χ3n) is 3.16. The van der Waals surface area contributed by atoms with Crippen molar-refractivity contribution in [3.8, 4) is 0 Å². The van der Waals surface area contributed by atoms with E-state index in [0.29, 0.717) is 5.92 Å². The first-order valence-corrected chi connectivity index (χ1v) is 6.89. The van der Waals surface area contributed by atoms with Gasteiger partial charge in [0.05, 0.1) is 0 Å². The van der Waals surface area contributed by atoms with E-state index in [-0.39, 0.29) is 0 Å². The van der Waals surface area contributed by atoms with E-state index in [2.05, 4.69) is 77.5 Å². The van der Waals surface area contributed by atoms with E-state index in [1.165, 1.54) is 15.6 Å². The molecule has 0 aliphatic heterocycles. The van der Waals surface area contributed by atoms with Crippen LogP contribution < -0.4 is 0 Å². The summed E-state index contributed by atoms with van der Waals surface area (Å²) in [6.45, 7) is 2.26. The van der Waals surface area contributed by atoms with Crippen LogP contribution in [-0.4, -0.2) is 0 Å². The Hall–Kier alpha value is -1.08. The largest absolute Gasteiger partial charge is 0.0648 e. The molecule has 0 fully saturated rings. The molecule has 88 valence electrons.